The van der Waals surface area contributed by atoms with Crippen molar-refractivity contribution in [1.82, 2.24) is 0 Å². The predicted molar refractivity (Wildman–Crippen MR) is 73.8 cm³/mol. The number of esters is 1. The van der Waals surface area contributed by atoms with Crippen molar-refractivity contribution in [2.75, 3.05) is 0 Å². The number of carbonyl (C=O) groups excluding carboxylic acids is 3. The molecule has 1 aliphatic heterocycles. The van der Waals surface area contributed by atoms with Gasteiger partial charge in [0.05, 0.1) is 0 Å². The molecule has 0 bridgehead atoms. The maximum atomic E-state index is 11.9. The van der Waals surface area contributed by atoms with Gasteiger partial charge in [0.15, 0.2) is 17.5 Å². The lowest BCUT2D eigenvalue weighted by atomic mass is 9.96. The van der Waals surface area contributed by atoms with Crippen LogP contribution in [0.5, 0.6) is 0 Å². The minimum absolute atomic E-state index is 0.197. The molecule has 0 spiro atoms. The quantitative estimate of drug-likeness (QED) is 0.488. The van der Waals surface area contributed by atoms with E-state index in [-0.39, 0.29) is 5.76 Å². The maximum absolute atomic E-state index is 11.9. The molecule has 0 aliphatic carbocycles. The number of hydrogen-bond donors (Lipinski definition) is 0. The van der Waals surface area contributed by atoms with E-state index in [2.05, 4.69) is 0 Å². The number of hydrogen-bond acceptors (Lipinski definition) is 4. The van der Waals surface area contributed by atoms with E-state index in [1.165, 1.54) is 19.1 Å². The molecule has 0 saturated heterocycles. The van der Waals surface area contributed by atoms with Crippen molar-refractivity contribution in [1.29, 1.82) is 0 Å². The van der Waals surface area contributed by atoms with Crippen LogP contribution in [0.25, 0.3) is 6.08 Å². The lowest BCUT2D eigenvalue weighted by Gasteiger charge is -2.15. The van der Waals surface area contributed by atoms with E-state index in [1.54, 1.807) is 24.3 Å². The Balaban J connectivity index is 2.16. The molecule has 1 aliphatic rings. The summed E-state index contributed by atoms with van der Waals surface area (Å²) in [5, 5.41) is 0.534. The fourth-order valence-electron chi connectivity index (χ4n) is 1.79. The lowest BCUT2D eigenvalue weighted by Crippen LogP contribution is -2.34. The highest BCUT2D eigenvalue weighted by Gasteiger charge is 2.36. The van der Waals surface area contributed by atoms with Gasteiger partial charge in [-0.1, -0.05) is 29.8 Å². The molecular weight excluding hydrogens is 280 g/mol. The summed E-state index contributed by atoms with van der Waals surface area (Å²) in [6.07, 6.45) is 3.83. The minimum Gasteiger partial charge on any atom is -0.430 e. The lowest BCUT2D eigenvalue weighted by molar-refractivity contribution is -0.151. The van der Waals surface area contributed by atoms with Crippen LogP contribution in [0, 0.1) is 5.92 Å². The Hall–Kier alpha value is -2.20. The summed E-state index contributed by atoms with van der Waals surface area (Å²) in [6.45, 7) is 1.48. The molecule has 5 heteroatoms. The van der Waals surface area contributed by atoms with Gasteiger partial charge >= 0.3 is 5.97 Å². The topological polar surface area (TPSA) is 60.4 Å². The summed E-state index contributed by atoms with van der Waals surface area (Å²) in [5.41, 5.74) is 0.703. The van der Waals surface area contributed by atoms with E-state index < -0.39 is 23.5 Å². The fraction of sp³-hybridized carbons (Fsp3) is 0.133. The number of carbonyl (C=O) groups is 3. The van der Waals surface area contributed by atoms with Gasteiger partial charge in [-0.25, -0.2) is 0 Å². The number of allylic oxidation sites excluding steroid dienone is 3. The van der Waals surface area contributed by atoms with Crippen molar-refractivity contribution in [3.8, 4) is 0 Å². The van der Waals surface area contributed by atoms with Crippen molar-refractivity contribution in [3.05, 3.63) is 52.8 Å². The summed E-state index contributed by atoms with van der Waals surface area (Å²) < 4.78 is 4.79. The number of ketones is 2. The number of halogens is 1. The van der Waals surface area contributed by atoms with Gasteiger partial charge in [-0.05, 0) is 30.7 Å². The molecule has 0 radical (unpaired) electrons. The Labute approximate surface area is 120 Å². The van der Waals surface area contributed by atoms with Crippen LogP contribution in [0.4, 0.5) is 0 Å². The second-order valence-corrected chi connectivity index (χ2v) is 4.74. The van der Waals surface area contributed by atoms with E-state index in [0.717, 1.165) is 6.08 Å². The van der Waals surface area contributed by atoms with Crippen LogP contribution in [0.3, 0.4) is 0 Å². The molecule has 1 atom stereocenters. The van der Waals surface area contributed by atoms with E-state index in [0.29, 0.717) is 10.6 Å². The van der Waals surface area contributed by atoms with Gasteiger partial charge in [0.1, 0.15) is 5.76 Å². The Morgan fingerprint density at radius 2 is 2.10 bits per heavy atom. The first-order valence-electron chi connectivity index (χ1n) is 5.89. The summed E-state index contributed by atoms with van der Waals surface area (Å²) in [7, 11) is 0. The first kappa shape index (κ1) is 14.2. The van der Waals surface area contributed by atoms with E-state index in [4.69, 9.17) is 16.3 Å². The summed E-state index contributed by atoms with van der Waals surface area (Å²) in [6, 6.07) is 6.85. The molecule has 0 fully saturated rings. The van der Waals surface area contributed by atoms with Gasteiger partial charge in [-0.15, -0.1) is 0 Å². The molecule has 0 aromatic heterocycles. The third kappa shape index (κ3) is 3.22. The number of benzene rings is 1. The van der Waals surface area contributed by atoms with Crippen LogP contribution in [0.2, 0.25) is 5.02 Å². The molecule has 4 nitrogen and oxygen atoms in total. The molecule has 1 unspecified atom stereocenters. The average Bonchev–Trinajstić information content (AvgIpc) is 2.35. The van der Waals surface area contributed by atoms with Crippen LogP contribution in [-0.4, -0.2) is 17.5 Å². The summed E-state index contributed by atoms with van der Waals surface area (Å²) in [4.78, 5) is 35.1. The Morgan fingerprint density at radius 1 is 1.35 bits per heavy atom. The molecule has 2 rings (SSSR count). The third-order valence-electron chi connectivity index (χ3n) is 2.70. The standard InChI is InChI=1S/C15H11ClO4/c1-9-7-13(18)14(15(19)20-9)12(17)6-5-10-3-2-4-11(16)8-10/h2-8,14H,1H3. The van der Waals surface area contributed by atoms with E-state index in [1.807, 2.05) is 0 Å². The van der Waals surface area contributed by atoms with Gasteiger partial charge in [-0.3, -0.25) is 14.4 Å². The average molecular weight is 291 g/mol. The number of ether oxygens (including phenoxy) is 1. The Kier molecular flexibility index (Phi) is 4.15. The van der Waals surface area contributed by atoms with E-state index >= 15 is 0 Å². The molecule has 20 heavy (non-hydrogen) atoms. The molecule has 1 aromatic rings. The second-order valence-electron chi connectivity index (χ2n) is 4.30. The van der Waals surface area contributed by atoms with Crippen molar-refractivity contribution >= 4 is 35.2 Å². The zero-order valence-electron chi connectivity index (χ0n) is 10.6. The van der Waals surface area contributed by atoms with Gasteiger partial charge in [-0.2, -0.15) is 0 Å². The first-order valence-corrected chi connectivity index (χ1v) is 6.26. The van der Waals surface area contributed by atoms with Crippen LogP contribution in [0.15, 0.2) is 42.2 Å². The molecule has 0 N–H and O–H groups in total. The number of rotatable bonds is 3. The molecule has 1 heterocycles. The second kappa shape index (κ2) is 5.84. The Morgan fingerprint density at radius 3 is 2.75 bits per heavy atom. The van der Waals surface area contributed by atoms with Crippen molar-refractivity contribution in [2.45, 2.75) is 6.92 Å². The van der Waals surface area contributed by atoms with Crippen LogP contribution < -0.4 is 0 Å². The summed E-state index contributed by atoms with van der Waals surface area (Å²) in [5.74, 6) is -3.21. The van der Waals surface area contributed by atoms with Gasteiger partial charge in [0, 0.05) is 11.1 Å². The normalized spacial score (nSPS) is 18.9. The van der Waals surface area contributed by atoms with Gasteiger partial charge < -0.3 is 4.74 Å². The molecule has 0 amide bonds. The van der Waals surface area contributed by atoms with Crippen LogP contribution >= 0.6 is 11.6 Å². The smallest absolute Gasteiger partial charge is 0.329 e. The highest BCUT2D eigenvalue weighted by atomic mass is 35.5. The van der Waals surface area contributed by atoms with Crippen LogP contribution in [-0.2, 0) is 19.1 Å². The van der Waals surface area contributed by atoms with Crippen LogP contribution in [0.1, 0.15) is 12.5 Å². The molecular formula is C15H11ClO4. The van der Waals surface area contributed by atoms with Crippen molar-refractivity contribution < 1.29 is 19.1 Å². The largest absolute Gasteiger partial charge is 0.430 e. The van der Waals surface area contributed by atoms with E-state index in [9.17, 15) is 14.4 Å². The molecule has 102 valence electrons. The monoisotopic (exact) mass is 290 g/mol. The number of cyclic esters (lactones) is 1. The minimum atomic E-state index is -1.41. The summed E-state index contributed by atoms with van der Waals surface area (Å²) >= 11 is 5.82. The third-order valence-corrected chi connectivity index (χ3v) is 2.94. The highest BCUT2D eigenvalue weighted by molar-refractivity contribution is 6.30. The zero-order chi connectivity index (χ0) is 14.7. The predicted octanol–water partition coefficient (Wildman–Crippen LogP) is 2.57. The SMILES string of the molecule is CC1=CC(=O)C(C(=O)C=Cc2cccc(Cl)c2)C(=O)O1. The zero-order valence-corrected chi connectivity index (χ0v) is 11.4. The molecule has 1 aromatic carbocycles. The van der Waals surface area contributed by atoms with Crippen molar-refractivity contribution in [3.63, 3.8) is 0 Å². The highest BCUT2D eigenvalue weighted by Crippen LogP contribution is 2.17. The van der Waals surface area contributed by atoms with Gasteiger partial charge in [0.25, 0.3) is 0 Å². The first-order chi connectivity index (χ1) is 9.47. The Bertz CT molecular complexity index is 643. The fourth-order valence-corrected chi connectivity index (χ4v) is 1.99. The maximum Gasteiger partial charge on any atom is 0.329 e. The van der Waals surface area contributed by atoms with Gasteiger partial charge in [0.2, 0.25) is 0 Å². The molecule has 0 saturated carbocycles. The van der Waals surface area contributed by atoms with Crippen molar-refractivity contribution in [2.24, 2.45) is 5.92 Å².